The second-order valence-electron chi connectivity index (χ2n) is 4.46. The highest BCUT2D eigenvalue weighted by molar-refractivity contribution is 9.10. The van der Waals surface area contributed by atoms with E-state index in [-0.39, 0.29) is 11.5 Å². The van der Waals surface area contributed by atoms with Gasteiger partial charge in [0.1, 0.15) is 5.82 Å². The Balaban J connectivity index is 1.89. The molecule has 2 heterocycles. The Hall–Kier alpha value is -2.09. The van der Waals surface area contributed by atoms with Crippen LogP contribution in [-0.4, -0.2) is 11.3 Å². The molecule has 8 heteroatoms. The molecule has 1 aliphatic rings. The fraction of sp³-hybridized carbons (Fsp3) is 0.154. The average Bonchev–Trinajstić information content (AvgIpc) is 2.72. The first-order valence-electron chi connectivity index (χ1n) is 5.93. The number of pyridine rings is 1. The zero-order valence-corrected chi connectivity index (χ0v) is 12.4. The van der Waals surface area contributed by atoms with Crippen LogP contribution in [0.3, 0.4) is 0 Å². The Kier molecular flexibility index (Phi) is 3.12. The monoisotopic (exact) mass is 357 g/mol. The second kappa shape index (κ2) is 4.73. The summed E-state index contributed by atoms with van der Waals surface area (Å²) in [7, 11) is 0. The fourth-order valence-corrected chi connectivity index (χ4v) is 2.27. The van der Waals surface area contributed by atoms with Gasteiger partial charge in [-0.15, -0.1) is 8.78 Å². The second-order valence-corrected chi connectivity index (χ2v) is 5.25. The molecule has 2 aromatic rings. The van der Waals surface area contributed by atoms with Crippen molar-refractivity contribution in [1.82, 2.24) is 4.98 Å². The molecule has 3 rings (SSSR count). The van der Waals surface area contributed by atoms with Crippen molar-refractivity contribution in [2.24, 2.45) is 0 Å². The summed E-state index contributed by atoms with van der Waals surface area (Å²) in [5.74, 6) is 0.478. The third-order valence-corrected chi connectivity index (χ3v) is 3.94. The number of fused-ring (bicyclic) bond motifs is 1. The summed E-state index contributed by atoms with van der Waals surface area (Å²) in [5.41, 5.74) is 7.67. The predicted octanol–water partition coefficient (Wildman–Crippen LogP) is 3.80. The molecule has 0 saturated heterocycles. The minimum atomic E-state index is -3.63. The van der Waals surface area contributed by atoms with Gasteiger partial charge in [-0.2, -0.15) is 0 Å². The van der Waals surface area contributed by atoms with Crippen LogP contribution in [0.25, 0.3) is 0 Å². The molecule has 0 spiro atoms. The third-order valence-electron chi connectivity index (χ3n) is 2.97. The number of nitrogen functional groups attached to an aromatic ring is 1. The smallest absolute Gasteiger partial charge is 0.397 e. The van der Waals surface area contributed by atoms with Crippen LogP contribution in [0.2, 0.25) is 0 Å². The standard InChI is InChI=1S/C13H10BrF2N3O2/c1-6-8(17)5-18-12(11(6)14)19-7-2-3-9-10(4-7)21-13(15,16)20-9/h2-5H,17H2,1H3,(H,18,19). The van der Waals surface area contributed by atoms with Crippen LogP contribution in [-0.2, 0) is 0 Å². The van der Waals surface area contributed by atoms with Crippen LogP contribution >= 0.6 is 15.9 Å². The maximum absolute atomic E-state index is 13.0. The molecule has 0 radical (unpaired) electrons. The lowest BCUT2D eigenvalue weighted by Crippen LogP contribution is -2.25. The van der Waals surface area contributed by atoms with Crippen molar-refractivity contribution < 1.29 is 18.3 Å². The Morgan fingerprint density at radius 1 is 1.29 bits per heavy atom. The highest BCUT2D eigenvalue weighted by Crippen LogP contribution is 2.42. The minimum Gasteiger partial charge on any atom is -0.397 e. The fourth-order valence-electron chi connectivity index (χ4n) is 1.84. The van der Waals surface area contributed by atoms with Crippen molar-refractivity contribution in [2.75, 3.05) is 11.1 Å². The van der Waals surface area contributed by atoms with Gasteiger partial charge in [0, 0.05) is 11.8 Å². The number of rotatable bonds is 2. The molecule has 21 heavy (non-hydrogen) atoms. The van der Waals surface area contributed by atoms with Gasteiger partial charge < -0.3 is 20.5 Å². The lowest BCUT2D eigenvalue weighted by atomic mass is 10.2. The van der Waals surface area contributed by atoms with E-state index in [1.807, 2.05) is 6.92 Å². The van der Waals surface area contributed by atoms with E-state index in [0.29, 0.717) is 21.7 Å². The van der Waals surface area contributed by atoms with Crippen LogP contribution in [0.1, 0.15) is 5.56 Å². The molecule has 0 bridgehead atoms. The van der Waals surface area contributed by atoms with E-state index in [1.54, 1.807) is 6.07 Å². The topological polar surface area (TPSA) is 69.4 Å². The van der Waals surface area contributed by atoms with Crippen LogP contribution in [0, 0.1) is 6.92 Å². The molecule has 110 valence electrons. The van der Waals surface area contributed by atoms with Gasteiger partial charge in [-0.25, -0.2) is 4.98 Å². The first-order chi connectivity index (χ1) is 9.85. The number of anilines is 3. The molecule has 3 N–H and O–H groups in total. The summed E-state index contributed by atoms with van der Waals surface area (Å²) in [4.78, 5) is 4.15. The first kappa shape index (κ1) is 13.9. The van der Waals surface area contributed by atoms with Gasteiger partial charge in [-0.3, -0.25) is 0 Å². The Morgan fingerprint density at radius 3 is 2.76 bits per heavy atom. The lowest BCUT2D eigenvalue weighted by Gasteiger charge is -2.11. The molecular weight excluding hydrogens is 348 g/mol. The molecule has 1 aliphatic heterocycles. The van der Waals surface area contributed by atoms with Crippen molar-refractivity contribution in [2.45, 2.75) is 13.2 Å². The maximum Gasteiger partial charge on any atom is 0.586 e. The number of aromatic nitrogens is 1. The summed E-state index contributed by atoms with van der Waals surface area (Å²) in [6.45, 7) is 1.84. The number of hydrogen-bond acceptors (Lipinski definition) is 5. The number of nitrogens with zero attached hydrogens (tertiary/aromatic N) is 1. The number of ether oxygens (including phenoxy) is 2. The molecule has 0 unspecified atom stereocenters. The summed E-state index contributed by atoms with van der Waals surface area (Å²) in [6, 6.07) is 4.40. The molecule has 0 aliphatic carbocycles. The molecule has 1 aromatic carbocycles. The van der Waals surface area contributed by atoms with Gasteiger partial charge in [-0.1, -0.05) is 0 Å². The molecular formula is C13H10BrF2N3O2. The molecule has 0 fully saturated rings. The van der Waals surface area contributed by atoms with Crippen molar-refractivity contribution in [1.29, 1.82) is 0 Å². The summed E-state index contributed by atoms with van der Waals surface area (Å²) >= 11 is 3.39. The number of halogens is 3. The molecule has 0 amide bonds. The first-order valence-corrected chi connectivity index (χ1v) is 6.72. The van der Waals surface area contributed by atoms with Crippen molar-refractivity contribution in [3.63, 3.8) is 0 Å². The molecule has 5 nitrogen and oxygen atoms in total. The number of nitrogens with two attached hydrogens (primary N) is 1. The largest absolute Gasteiger partial charge is 0.586 e. The average molecular weight is 358 g/mol. The Morgan fingerprint density at radius 2 is 2.00 bits per heavy atom. The quantitative estimate of drug-likeness (QED) is 0.855. The Bertz CT molecular complexity index is 725. The van der Waals surface area contributed by atoms with Crippen LogP contribution < -0.4 is 20.5 Å². The lowest BCUT2D eigenvalue weighted by molar-refractivity contribution is -0.286. The number of alkyl halides is 2. The highest BCUT2D eigenvalue weighted by Gasteiger charge is 2.43. The zero-order chi connectivity index (χ0) is 15.2. The SMILES string of the molecule is Cc1c(N)cnc(Nc2ccc3c(c2)OC(F)(F)O3)c1Br. The van der Waals surface area contributed by atoms with Gasteiger partial charge >= 0.3 is 6.29 Å². The van der Waals surface area contributed by atoms with Gasteiger partial charge in [0.25, 0.3) is 0 Å². The molecule has 1 aromatic heterocycles. The van der Waals surface area contributed by atoms with Crippen molar-refractivity contribution in [3.8, 4) is 11.5 Å². The van der Waals surface area contributed by atoms with E-state index in [0.717, 1.165) is 5.56 Å². The van der Waals surface area contributed by atoms with Crippen LogP contribution in [0.4, 0.5) is 26.0 Å². The number of hydrogen-bond donors (Lipinski definition) is 2. The van der Waals surface area contributed by atoms with Crippen LogP contribution in [0.5, 0.6) is 11.5 Å². The van der Waals surface area contributed by atoms with Gasteiger partial charge in [0.15, 0.2) is 11.5 Å². The van der Waals surface area contributed by atoms with E-state index >= 15 is 0 Å². The third kappa shape index (κ3) is 2.58. The van der Waals surface area contributed by atoms with Crippen molar-refractivity contribution in [3.05, 3.63) is 34.4 Å². The molecule has 0 atom stereocenters. The van der Waals surface area contributed by atoms with Gasteiger partial charge in [0.2, 0.25) is 0 Å². The van der Waals surface area contributed by atoms with E-state index in [9.17, 15) is 8.78 Å². The normalized spacial score (nSPS) is 15.0. The summed E-state index contributed by atoms with van der Waals surface area (Å²) in [6.07, 6.45) is -2.11. The predicted molar refractivity (Wildman–Crippen MR) is 77.0 cm³/mol. The van der Waals surface area contributed by atoms with Gasteiger partial charge in [-0.05, 0) is 40.5 Å². The molecule has 0 saturated carbocycles. The maximum atomic E-state index is 13.0. The summed E-state index contributed by atoms with van der Waals surface area (Å²) < 4.78 is 35.3. The zero-order valence-electron chi connectivity index (χ0n) is 10.8. The van der Waals surface area contributed by atoms with E-state index in [1.165, 1.54) is 18.3 Å². The highest BCUT2D eigenvalue weighted by atomic mass is 79.9. The Labute approximate surface area is 127 Å². The minimum absolute atomic E-state index is 0.00828. The van der Waals surface area contributed by atoms with E-state index in [2.05, 4.69) is 35.7 Å². The number of benzene rings is 1. The van der Waals surface area contributed by atoms with Crippen LogP contribution in [0.15, 0.2) is 28.9 Å². The van der Waals surface area contributed by atoms with E-state index < -0.39 is 6.29 Å². The van der Waals surface area contributed by atoms with E-state index in [4.69, 9.17) is 5.73 Å². The van der Waals surface area contributed by atoms with Crippen molar-refractivity contribution >= 4 is 33.1 Å². The van der Waals surface area contributed by atoms with Gasteiger partial charge in [0.05, 0.1) is 16.4 Å². The number of nitrogens with one attached hydrogen (secondary N) is 1. The summed E-state index contributed by atoms with van der Waals surface area (Å²) in [5, 5.41) is 3.00.